The molecule has 9 nitrogen and oxygen atoms in total. The van der Waals surface area contributed by atoms with Crippen LogP contribution in [0, 0.1) is 0 Å². The van der Waals surface area contributed by atoms with Gasteiger partial charge in [-0.25, -0.2) is 14.8 Å². The Labute approximate surface area is 135 Å². The number of nitrogens with one attached hydrogen (secondary N) is 2. The number of nitrogen functional groups attached to an aromatic ring is 1. The highest BCUT2D eigenvalue weighted by molar-refractivity contribution is 5.89. The second kappa shape index (κ2) is 6.32. The van der Waals surface area contributed by atoms with Gasteiger partial charge < -0.3 is 15.8 Å². The van der Waals surface area contributed by atoms with Crippen LogP contribution in [-0.4, -0.2) is 33.0 Å². The molecule has 9 heteroatoms. The van der Waals surface area contributed by atoms with Gasteiger partial charge in [0, 0.05) is 5.69 Å². The van der Waals surface area contributed by atoms with Gasteiger partial charge in [0.2, 0.25) is 5.95 Å². The highest BCUT2D eigenvalue weighted by atomic mass is 16.5. The zero-order valence-corrected chi connectivity index (χ0v) is 12.7. The van der Waals surface area contributed by atoms with Crippen molar-refractivity contribution in [2.24, 2.45) is 0 Å². The van der Waals surface area contributed by atoms with Crippen molar-refractivity contribution in [2.45, 2.75) is 6.54 Å². The molecule has 2 heterocycles. The van der Waals surface area contributed by atoms with E-state index in [2.05, 4.69) is 30.0 Å². The maximum atomic E-state index is 11.8. The summed E-state index contributed by atoms with van der Waals surface area (Å²) >= 11 is 0. The number of esters is 1. The summed E-state index contributed by atoms with van der Waals surface area (Å²) < 4.78 is 4.64. The van der Waals surface area contributed by atoms with Crippen molar-refractivity contribution in [3.63, 3.8) is 0 Å². The van der Waals surface area contributed by atoms with Crippen molar-refractivity contribution < 1.29 is 9.53 Å². The molecule has 3 rings (SSSR count). The predicted molar refractivity (Wildman–Crippen MR) is 87.5 cm³/mol. The van der Waals surface area contributed by atoms with E-state index in [1.807, 2.05) is 0 Å². The van der Waals surface area contributed by atoms with Gasteiger partial charge in [0.1, 0.15) is 0 Å². The summed E-state index contributed by atoms with van der Waals surface area (Å²) in [7, 11) is 1.33. The molecule has 0 amide bonds. The topological polar surface area (TPSA) is 136 Å². The molecule has 4 N–H and O–H groups in total. The van der Waals surface area contributed by atoms with E-state index in [0.29, 0.717) is 17.8 Å². The van der Waals surface area contributed by atoms with Gasteiger partial charge in [-0.05, 0) is 24.3 Å². The highest BCUT2D eigenvalue weighted by Gasteiger charge is 2.07. The summed E-state index contributed by atoms with van der Waals surface area (Å²) in [6.07, 6.45) is 1.52. The summed E-state index contributed by atoms with van der Waals surface area (Å²) in [6, 6.07) is 6.79. The van der Waals surface area contributed by atoms with Crippen molar-refractivity contribution in [1.29, 1.82) is 0 Å². The summed E-state index contributed by atoms with van der Waals surface area (Å²) in [5, 5.41) is 3.13. The maximum absolute atomic E-state index is 11.8. The molecule has 0 aliphatic carbocycles. The fourth-order valence-corrected chi connectivity index (χ4v) is 2.09. The van der Waals surface area contributed by atoms with Crippen molar-refractivity contribution in [1.82, 2.24) is 19.9 Å². The van der Waals surface area contributed by atoms with E-state index in [0.717, 1.165) is 5.69 Å². The lowest BCUT2D eigenvalue weighted by atomic mass is 10.2. The van der Waals surface area contributed by atoms with Crippen LogP contribution in [0.25, 0.3) is 11.2 Å². The molecule has 0 atom stereocenters. The fraction of sp³-hybridized carbons (Fsp3) is 0.133. The minimum Gasteiger partial charge on any atom is -0.465 e. The van der Waals surface area contributed by atoms with Crippen LogP contribution < -0.4 is 16.6 Å². The second-order valence-corrected chi connectivity index (χ2v) is 4.91. The molecule has 0 aliphatic heterocycles. The molecule has 0 fully saturated rings. The Kier molecular flexibility index (Phi) is 4.06. The standard InChI is InChI=1S/C15H14N6O3/c1-24-14(23)8-2-4-9(5-3-8)17-6-10-7-18-12-11(19-10)13(22)21-15(16)20-12/h2-5,7,17H,6H2,1H3,(H3,16,18,20,21,22). The zero-order valence-electron chi connectivity index (χ0n) is 12.7. The number of aromatic amines is 1. The third kappa shape index (κ3) is 3.14. The van der Waals surface area contributed by atoms with E-state index in [-0.39, 0.29) is 17.1 Å². The smallest absolute Gasteiger partial charge is 0.337 e. The third-order valence-electron chi connectivity index (χ3n) is 3.27. The minimum atomic E-state index is -0.436. The lowest BCUT2D eigenvalue weighted by Crippen LogP contribution is -2.15. The summed E-state index contributed by atoms with van der Waals surface area (Å²) in [4.78, 5) is 37.8. The number of carbonyl (C=O) groups is 1. The Hall–Kier alpha value is -3.49. The minimum absolute atomic E-state index is 0.00151. The molecule has 24 heavy (non-hydrogen) atoms. The molecule has 0 saturated heterocycles. The molecule has 0 saturated carbocycles. The zero-order chi connectivity index (χ0) is 17.1. The largest absolute Gasteiger partial charge is 0.465 e. The van der Waals surface area contributed by atoms with E-state index >= 15 is 0 Å². The molecule has 2 aromatic heterocycles. The van der Waals surface area contributed by atoms with Gasteiger partial charge in [-0.3, -0.25) is 9.78 Å². The van der Waals surface area contributed by atoms with Crippen LogP contribution in [0.15, 0.2) is 35.3 Å². The molecule has 0 unspecified atom stereocenters. The van der Waals surface area contributed by atoms with Crippen LogP contribution in [0.5, 0.6) is 0 Å². The van der Waals surface area contributed by atoms with Crippen molar-refractivity contribution in [3.8, 4) is 0 Å². The number of rotatable bonds is 4. The van der Waals surface area contributed by atoms with Crippen LogP contribution >= 0.6 is 0 Å². The quantitative estimate of drug-likeness (QED) is 0.596. The lowest BCUT2D eigenvalue weighted by Gasteiger charge is -2.07. The Morgan fingerprint density at radius 2 is 2.04 bits per heavy atom. The molecule has 0 bridgehead atoms. The number of methoxy groups -OCH3 is 1. The maximum Gasteiger partial charge on any atom is 0.337 e. The molecule has 122 valence electrons. The molecule has 1 aromatic carbocycles. The van der Waals surface area contributed by atoms with Crippen LogP contribution in [0.2, 0.25) is 0 Å². The first-order chi connectivity index (χ1) is 11.6. The molecule has 0 spiro atoms. The lowest BCUT2D eigenvalue weighted by molar-refractivity contribution is 0.0601. The Balaban J connectivity index is 1.76. The number of benzene rings is 1. The summed E-state index contributed by atoms with van der Waals surface area (Å²) in [5.74, 6) is -0.397. The van der Waals surface area contributed by atoms with Gasteiger partial charge in [0.25, 0.3) is 5.56 Å². The number of carbonyl (C=O) groups excluding carboxylic acids is 1. The molecule has 0 radical (unpaired) electrons. The third-order valence-corrected chi connectivity index (χ3v) is 3.27. The van der Waals surface area contributed by atoms with E-state index in [9.17, 15) is 9.59 Å². The Bertz CT molecular complexity index is 952. The Morgan fingerprint density at radius 1 is 1.29 bits per heavy atom. The first-order valence-electron chi connectivity index (χ1n) is 7.00. The van der Waals surface area contributed by atoms with Crippen LogP contribution in [-0.2, 0) is 11.3 Å². The van der Waals surface area contributed by atoms with E-state index < -0.39 is 11.5 Å². The van der Waals surface area contributed by atoms with Crippen molar-refractivity contribution in [3.05, 3.63) is 52.1 Å². The number of fused-ring (bicyclic) bond motifs is 1. The summed E-state index contributed by atoms with van der Waals surface area (Å²) in [5.41, 5.74) is 7.17. The number of nitrogens with zero attached hydrogens (tertiary/aromatic N) is 3. The number of aromatic nitrogens is 4. The molecular formula is C15H14N6O3. The first-order valence-corrected chi connectivity index (χ1v) is 7.00. The molecule has 3 aromatic rings. The normalized spacial score (nSPS) is 10.5. The van der Waals surface area contributed by atoms with Crippen LogP contribution in [0.4, 0.5) is 11.6 Å². The number of hydrogen-bond donors (Lipinski definition) is 3. The van der Waals surface area contributed by atoms with Crippen LogP contribution in [0.3, 0.4) is 0 Å². The van der Waals surface area contributed by atoms with E-state index in [1.54, 1.807) is 24.3 Å². The van der Waals surface area contributed by atoms with E-state index in [4.69, 9.17) is 5.73 Å². The van der Waals surface area contributed by atoms with Gasteiger partial charge in [-0.15, -0.1) is 0 Å². The van der Waals surface area contributed by atoms with Gasteiger partial charge in [0.05, 0.1) is 31.1 Å². The SMILES string of the molecule is COC(=O)c1ccc(NCc2cnc3nc(N)[nH]c(=O)c3n2)cc1. The fourth-order valence-electron chi connectivity index (χ4n) is 2.09. The monoisotopic (exact) mass is 326 g/mol. The number of H-pyrrole nitrogens is 1. The average Bonchev–Trinajstić information content (AvgIpc) is 2.60. The van der Waals surface area contributed by atoms with Crippen molar-refractivity contribution >= 4 is 28.8 Å². The number of ether oxygens (including phenoxy) is 1. The van der Waals surface area contributed by atoms with Gasteiger partial charge >= 0.3 is 5.97 Å². The molecule has 0 aliphatic rings. The number of hydrogen-bond acceptors (Lipinski definition) is 8. The Morgan fingerprint density at radius 3 is 2.75 bits per heavy atom. The van der Waals surface area contributed by atoms with E-state index in [1.165, 1.54) is 13.3 Å². The van der Waals surface area contributed by atoms with Crippen molar-refractivity contribution in [2.75, 3.05) is 18.2 Å². The molecular weight excluding hydrogens is 312 g/mol. The van der Waals surface area contributed by atoms with Gasteiger partial charge in [-0.2, -0.15) is 4.98 Å². The number of nitrogens with two attached hydrogens (primary N) is 1. The average molecular weight is 326 g/mol. The summed E-state index contributed by atoms with van der Waals surface area (Å²) in [6.45, 7) is 0.352. The van der Waals surface area contributed by atoms with Gasteiger partial charge in [-0.1, -0.05) is 0 Å². The highest BCUT2D eigenvalue weighted by Crippen LogP contribution is 2.12. The number of anilines is 2. The van der Waals surface area contributed by atoms with Gasteiger partial charge in [0.15, 0.2) is 11.2 Å². The van der Waals surface area contributed by atoms with Crippen LogP contribution in [0.1, 0.15) is 16.1 Å². The second-order valence-electron chi connectivity index (χ2n) is 4.91. The first kappa shape index (κ1) is 15.4. The predicted octanol–water partition coefficient (Wildman–Crippen LogP) is 0.694.